The van der Waals surface area contributed by atoms with Gasteiger partial charge in [-0.25, -0.2) is 8.42 Å². The van der Waals surface area contributed by atoms with Crippen molar-refractivity contribution in [2.75, 3.05) is 0 Å². The minimum atomic E-state index is -3.82. The summed E-state index contributed by atoms with van der Waals surface area (Å²) >= 11 is 7.14. The molecule has 0 unspecified atom stereocenters. The Bertz CT molecular complexity index is 821. The first-order valence-electron chi connectivity index (χ1n) is 6.35. The van der Waals surface area contributed by atoms with E-state index in [1.54, 1.807) is 31.2 Å². The van der Waals surface area contributed by atoms with Gasteiger partial charge in [0.25, 0.3) is 0 Å². The molecule has 1 aromatic heterocycles. The number of carbonyl (C=O) groups is 1. The van der Waals surface area contributed by atoms with Crippen LogP contribution in [0.15, 0.2) is 46.3 Å². The molecule has 0 aliphatic carbocycles. The molecule has 1 aromatic carbocycles. The molecular formula is C15H14ClNO3S2. The van der Waals surface area contributed by atoms with Crippen LogP contribution in [0.3, 0.4) is 0 Å². The predicted octanol–water partition coefficient (Wildman–Crippen LogP) is 3.62. The van der Waals surface area contributed by atoms with Gasteiger partial charge in [0.05, 0.1) is 9.23 Å². The molecule has 7 heteroatoms. The summed E-state index contributed by atoms with van der Waals surface area (Å²) in [4.78, 5) is 11.7. The molecule has 0 bridgehead atoms. The second kappa shape index (κ2) is 6.64. The van der Waals surface area contributed by atoms with Crippen molar-refractivity contribution in [3.05, 3.63) is 56.2 Å². The largest absolute Gasteiger partial charge is 0.319 e. The van der Waals surface area contributed by atoms with Crippen LogP contribution in [0.5, 0.6) is 0 Å². The van der Waals surface area contributed by atoms with Crippen molar-refractivity contribution in [3.8, 4) is 0 Å². The van der Waals surface area contributed by atoms with E-state index in [1.807, 2.05) is 6.92 Å². The maximum absolute atomic E-state index is 12.7. The lowest BCUT2D eigenvalue weighted by Gasteiger charge is -2.11. The highest BCUT2D eigenvalue weighted by atomic mass is 35.5. The lowest BCUT2D eigenvalue weighted by atomic mass is 10.2. The summed E-state index contributed by atoms with van der Waals surface area (Å²) in [5.41, 5.74) is 1.40. The van der Waals surface area contributed by atoms with Crippen molar-refractivity contribution in [1.82, 2.24) is 5.32 Å². The molecule has 1 N–H and O–H groups in total. The Morgan fingerprint density at radius 2 is 1.82 bits per heavy atom. The quantitative estimate of drug-likeness (QED) is 0.833. The third-order valence-corrected chi connectivity index (χ3v) is 6.28. The number of allylic oxidation sites excluding steroid dienone is 1. The standard InChI is InChI=1S/C15H14ClNO3S2/c1-10-3-5-12(6-4-10)22(19,20)15(17-9-18)11(2)13-7-8-14(16)21-13/h3-9H,1-2H3,(H,17,18)/b15-11-. The van der Waals surface area contributed by atoms with Crippen LogP contribution in [0.4, 0.5) is 0 Å². The molecule has 2 rings (SSSR count). The van der Waals surface area contributed by atoms with Gasteiger partial charge in [-0.3, -0.25) is 4.79 Å². The van der Waals surface area contributed by atoms with E-state index < -0.39 is 9.84 Å². The van der Waals surface area contributed by atoms with Crippen LogP contribution in [-0.4, -0.2) is 14.8 Å². The van der Waals surface area contributed by atoms with Gasteiger partial charge in [-0.15, -0.1) is 11.3 Å². The van der Waals surface area contributed by atoms with Gasteiger partial charge >= 0.3 is 0 Å². The van der Waals surface area contributed by atoms with Crippen molar-refractivity contribution < 1.29 is 13.2 Å². The normalized spacial score (nSPS) is 12.7. The maximum atomic E-state index is 12.7. The molecule has 22 heavy (non-hydrogen) atoms. The van der Waals surface area contributed by atoms with Gasteiger partial charge in [0.2, 0.25) is 16.2 Å². The number of halogens is 1. The number of thiophene rings is 1. The smallest absolute Gasteiger partial charge is 0.222 e. The van der Waals surface area contributed by atoms with Crippen LogP contribution in [0.25, 0.3) is 5.57 Å². The Hall–Kier alpha value is -1.63. The van der Waals surface area contributed by atoms with E-state index >= 15 is 0 Å². The van der Waals surface area contributed by atoms with Crippen LogP contribution < -0.4 is 5.32 Å². The summed E-state index contributed by atoms with van der Waals surface area (Å²) in [6.45, 7) is 3.51. The highest BCUT2D eigenvalue weighted by molar-refractivity contribution is 7.95. The van der Waals surface area contributed by atoms with Crippen LogP contribution in [0.2, 0.25) is 4.34 Å². The molecule has 1 amide bonds. The SMILES string of the molecule is C/C(=C(\NC=O)S(=O)(=O)c1ccc(C)cc1)c1ccc(Cl)s1. The fourth-order valence-electron chi connectivity index (χ4n) is 1.90. The summed E-state index contributed by atoms with van der Waals surface area (Å²) < 4.78 is 26.0. The molecule has 4 nitrogen and oxygen atoms in total. The highest BCUT2D eigenvalue weighted by Crippen LogP contribution is 2.31. The second-order valence-corrected chi connectivity index (χ2v) is 8.24. The minimum absolute atomic E-state index is 0.129. The number of rotatable bonds is 5. The summed E-state index contributed by atoms with van der Waals surface area (Å²) in [7, 11) is -3.82. The molecule has 0 atom stereocenters. The number of aryl methyl sites for hydroxylation is 1. The van der Waals surface area contributed by atoms with Gasteiger partial charge in [0.1, 0.15) is 5.03 Å². The number of benzene rings is 1. The van der Waals surface area contributed by atoms with Crippen molar-refractivity contribution in [2.45, 2.75) is 18.7 Å². The Morgan fingerprint density at radius 1 is 1.18 bits per heavy atom. The fraction of sp³-hybridized carbons (Fsp3) is 0.133. The number of amides is 1. The zero-order valence-corrected chi connectivity index (χ0v) is 14.3. The summed E-state index contributed by atoms with van der Waals surface area (Å²) in [5, 5.41) is 2.18. The van der Waals surface area contributed by atoms with E-state index in [2.05, 4.69) is 5.32 Å². The van der Waals surface area contributed by atoms with Crippen LogP contribution in [0.1, 0.15) is 17.4 Å². The van der Waals surface area contributed by atoms with E-state index in [-0.39, 0.29) is 9.92 Å². The van der Waals surface area contributed by atoms with E-state index in [4.69, 9.17) is 11.6 Å². The monoisotopic (exact) mass is 355 g/mol. The fourth-order valence-corrected chi connectivity index (χ4v) is 4.46. The summed E-state index contributed by atoms with van der Waals surface area (Å²) in [6.07, 6.45) is 0.361. The van der Waals surface area contributed by atoms with E-state index in [0.717, 1.165) is 5.56 Å². The van der Waals surface area contributed by atoms with Gasteiger partial charge in [-0.1, -0.05) is 29.3 Å². The van der Waals surface area contributed by atoms with Gasteiger partial charge in [0, 0.05) is 10.5 Å². The number of nitrogens with one attached hydrogen (secondary N) is 1. The van der Waals surface area contributed by atoms with Crippen LogP contribution >= 0.6 is 22.9 Å². The van der Waals surface area contributed by atoms with Gasteiger partial charge in [-0.05, 0) is 38.1 Å². The molecule has 0 spiro atoms. The number of hydrogen-bond acceptors (Lipinski definition) is 4. The van der Waals surface area contributed by atoms with Crippen molar-refractivity contribution in [2.24, 2.45) is 0 Å². The Labute approximate surface area is 138 Å². The zero-order valence-electron chi connectivity index (χ0n) is 12.0. The number of carbonyl (C=O) groups excluding carboxylic acids is 1. The zero-order chi connectivity index (χ0) is 16.3. The third-order valence-electron chi connectivity index (χ3n) is 3.07. The topological polar surface area (TPSA) is 63.2 Å². The molecule has 0 saturated carbocycles. The first-order chi connectivity index (χ1) is 10.4. The van der Waals surface area contributed by atoms with Crippen LogP contribution in [-0.2, 0) is 14.6 Å². The second-order valence-electron chi connectivity index (χ2n) is 4.64. The van der Waals surface area contributed by atoms with Crippen molar-refractivity contribution in [3.63, 3.8) is 0 Å². The maximum Gasteiger partial charge on any atom is 0.222 e. The number of sulfone groups is 1. The predicted molar refractivity (Wildman–Crippen MR) is 89.5 cm³/mol. The highest BCUT2D eigenvalue weighted by Gasteiger charge is 2.24. The molecule has 0 aliphatic heterocycles. The average molecular weight is 356 g/mol. The van der Waals surface area contributed by atoms with E-state index in [0.29, 0.717) is 21.2 Å². The van der Waals surface area contributed by atoms with Crippen LogP contribution in [0, 0.1) is 6.92 Å². The van der Waals surface area contributed by atoms with E-state index in [1.165, 1.54) is 23.5 Å². The molecule has 0 radical (unpaired) electrons. The summed E-state index contributed by atoms with van der Waals surface area (Å²) in [6, 6.07) is 9.87. The molecule has 1 heterocycles. The molecule has 116 valence electrons. The van der Waals surface area contributed by atoms with Crippen molar-refractivity contribution >= 4 is 44.8 Å². The first-order valence-corrected chi connectivity index (χ1v) is 9.02. The molecule has 0 fully saturated rings. The molecular weight excluding hydrogens is 342 g/mol. The average Bonchev–Trinajstić information content (AvgIpc) is 2.91. The third kappa shape index (κ3) is 3.40. The summed E-state index contributed by atoms with van der Waals surface area (Å²) in [5.74, 6) is 0. The Kier molecular flexibility index (Phi) is 5.05. The lowest BCUT2D eigenvalue weighted by Crippen LogP contribution is -2.21. The van der Waals surface area contributed by atoms with E-state index in [9.17, 15) is 13.2 Å². The lowest BCUT2D eigenvalue weighted by molar-refractivity contribution is -0.108. The Balaban J connectivity index is 2.60. The first kappa shape index (κ1) is 16.7. The number of hydrogen-bond donors (Lipinski definition) is 1. The minimum Gasteiger partial charge on any atom is -0.319 e. The van der Waals surface area contributed by atoms with Gasteiger partial charge in [-0.2, -0.15) is 0 Å². The van der Waals surface area contributed by atoms with Gasteiger partial charge in [0.15, 0.2) is 0 Å². The molecule has 0 saturated heterocycles. The van der Waals surface area contributed by atoms with Gasteiger partial charge < -0.3 is 5.32 Å². The molecule has 0 aliphatic rings. The molecule has 2 aromatic rings. The van der Waals surface area contributed by atoms with Crippen molar-refractivity contribution in [1.29, 1.82) is 0 Å². The Morgan fingerprint density at radius 3 is 2.32 bits per heavy atom.